The van der Waals surface area contributed by atoms with Crippen LogP contribution < -0.4 is 10.1 Å². The number of carbonyl (C=O) groups is 1. The Balaban J connectivity index is 0.00000196. The van der Waals surface area contributed by atoms with Gasteiger partial charge in [0.1, 0.15) is 12.4 Å². The minimum atomic E-state index is 0. The van der Waals surface area contributed by atoms with E-state index in [1.165, 1.54) is 12.8 Å². The van der Waals surface area contributed by atoms with Gasteiger partial charge in [0.15, 0.2) is 0 Å². The van der Waals surface area contributed by atoms with Crippen molar-refractivity contribution in [3.8, 4) is 5.75 Å². The zero-order chi connectivity index (χ0) is 17.2. The Morgan fingerprint density at radius 3 is 2.50 bits per heavy atom. The first-order valence-corrected chi connectivity index (χ1v) is 9.57. The molecule has 0 saturated carbocycles. The van der Waals surface area contributed by atoms with Crippen molar-refractivity contribution in [1.29, 1.82) is 0 Å². The molecule has 144 valence electrons. The van der Waals surface area contributed by atoms with Crippen LogP contribution in [0.3, 0.4) is 0 Å². The monoisotopic (exact) mass is 380 g/mol. The molecule has 0 radical (unpaired) electrons. The quantitative estimate of drug-likeness (QED) is 0.853. The van der Waals surface area contributed by atoms with Crippen LogP contribution in [0.1, 0.15) is 48.9 Å². The number of nitrogens with zero attached hydrogens (tertiary/aromatic N) is 1. The summed E-state index contributed by atoms with van der Waals surface area (Å²) in [6.45, 7) is 1.43. The lowest BCUT2D eigenvalue weighted by molar-refractivity contribution is 0.0671. The maximum Gasteiger partial charge on any atom is 0.253 e. The molecule has 3 fully saturated rings. The average Bonchev–Trinajstić information content (AvgIpc) is 3.28. The van der Waals surface area contributed by atoms with Crippen molar-refractivity contribution in [1.82, 2.24) is 10.2 Å². The van der Waals surface area contributed by atoms with Gasteiger partial charge in [-0.25, -0.2) is 0 Å². The van der Waals surface area contributed by atoms with Crippen LogP contribution in [-0.2, 0) is 4.74 Å². The number of nitrogens with one attached hydrogen (secondary N) is 1. The van der Waals surface area contributed by atoms with Crippen molar-refractivity contribution in [3.63, 3.8) is 0 Å². The van der Waals surface area contributed by atoms with Crippen molar-refractivity contribution in [2.45, 2.75) is 62.8 Å². The van der Waals surface area contributed by atoms with Gasteiger partial charge in [-0.3, -0.25) is 4.79 Å². The van der Waals surface area contributed by atoms with Crippen LogP contribution in [-0.4, -0.2) is 55.3 Å². The Labute approximate surface area is 161 Å². The number of hydrogen-bond donors (Lipinski definition) is 1. The Bertz CT molecular complexity index is 592. The van der Waals surface area contributed by atoms with Crippen molar-refractivity contribution in [3.05, 3.63) is 29.8 Å². The molecule has 3 unspecified atom stereocenters. The molecule has 1 amide bonds. The fraction of sp³-hybridized carbons (Fsp3) is 0.650. The molecule has 1 aromatic carbocycles. The minimum absolute atomic E-state index is 0. The van der Waals surface area contributed by atoms with E-state index in [0.29, 0.717) is 24.7 Å². The molecule has 1 aromatic rings. The Morgan fingerprint density at radius 1 is 1.19 bits per heavy atom. The van der Waals surface area contributed by atoms with Crippen LogP contribution >= 0.6 is 12.4 Å². The number of ether oxygens (including phenoxy) is 2. The Morgan fingerprint density at radius 2 is 1.88 bits per heavy atom. The molecular formula is C20H29ClN2O3. The summed E-state index contributed by atoms with van der Waals surface area (Å²) in [4.78, 5) is 14.7. The van der Waals surface area contributed by atoms with Crippen molar-refractivity contribution >= 4 is 18.3 Å². The topological polar surface area (TPSA) is 50.8 Å². The molecule has 3 saturated heterocycles. The lowest BCUT2D eigenvalue weighted by Crippen LogP contribution is -2.48. The molecule has 5 nitrogen and oxygen atoms in total. The van der Waals surface area contributed by atoms with E-state index in [-0.39, 0.29) is 24.4 Å². The van der Waals surface area contributed by atoms with E-state index in [1.807, 2.05) is 36.2 Å². The highest BCUT2D eigenvalue weighted by Gasteiger charge is 2.36. The number of piperidine rings is 1. The fourth-order valence-electron chi connectivity index (χ4n) is 4.37. The summed E-state index contributed by atoms with van der Waals surface area (Å²) in [6, 6.07) is 9.06. The van der Waals surface area contributed by atoms with Crippen LogP contribution in [0.2, 0.25) is 0 Å². The first-order valence-electron chi connectivity index (χ1n) is 9.57. The molecule has 3 atom stereocenters. The van der Waals surface area contributed by atoms with E-state index in [4.69, 9.17) is 9.47 Å². The molecule has 0 aromatic heterocycles. The SMILES string of the molecule is CN(C(=O)c1ccc(OCC2CCCO2)cc1)C1CC2CCC(C1)N2.Cl. The van der Waals surface area contributed by atoms with Crippen LogP contribution in [0.5, 0.6) is 5.75 Å². The summed E-state index contributed by atoms with van der Waals surface area (Å²) in [5, 5.41) is 3.63. The number of amides is 1. The first kappa shape index (κ1) is 19.5. The highest BCUT2D eigenvalue weighted by atomic mass is 35.5. The third kappa shape index (κ3) is 4.33. The number of fused-ring (bicyclic) bond motifs is 2. The number of carbonyl (C=O) groups excluding carboxylic acids is 1. The highest BCUT2D eigenvalue weighted by molar-refractivity contribution is 5.94. The second-order valence-corrected chi connectivity index (χ2v) is 7.65. The summed E-state index contributed by atoms with van der Waals surface area (Å²) >= 11 is 0. The van der Waals surface area contributed by atoms with Crippen molar-refractivity contribution in [2.75, 3.05) is 20.3 Å². The molecule has 3 heterocycles. The molecule has 0 spiro atoms. The molecule has 3 aliphatic rings. The van der Waals surface area contributed by atoms with Gasteiger partial charge in [-0.1, -0.05) is 0 Å². The number of hydrogen-bond acceptors (Lipinski definition) is 4. The number of benzene rings is 1. The molecule has 3 aliphatic heterocycles. The summed E-state index contributed by atoms with van der Waals surface area (Å²) in [6.07, 6.45) is 7.04. The molecular weight excluding hydrogens is 352 g/mol. The maximum atomic E-state index is 12.8. The van der Waals surface area contributed by atoms with Gasteiger partial charge in [0.25, 0.3) is 5.91 Å². The van der Waals surface area contributed by atoms with Gasteiger partial charge in [-0.15, -0.1) is 12.4 Å². The molecule has 0 aliphatic carbocycles. The second-order valence-electron chi connectivity index (χ2n) is 7.65. The van der Waals surface area contributed by atoms with Crippen LogP contribution in [0.25, 0.3) is 0 Å². The van der Waals surface area contributed by atoms with Crippen molar-refractivity contribution < 1.29 is 14.3 Å². The number of rotatable bonds is 5. The average molecular weight is 381 g/mol. The summed E-state index contributed by atoms with van der Waals surface area (Å²) < 4.78 is 11.3. The Hall–Kier alpha value is -1.30. The van der Waals surface area contributed by atoms with E-state index in [9.17, 15) is 4.79 Å². The first-order chi connectivity index (χ1) is 12.2. The van der Waals surface area contributed by atoms with Crippen LogP contribution in [0.4, 0.5) is 0 Å². The van der Waals surface area contributed by atoms with Crippen LogP contribution in [0, 0.1) is 0 Å². The molecule has 2 bridgehead atoms. The van der Waals surface area contributed by atoms with Gasteiger partial charge in [0, 0.05) is 37.3 Å². The molecule has 6 heteroatoms. The van der Waals surface area contributed by atoms with Gasteiger partial charge >= 0.3 is 0 Å². The molecule has 4 rings (SSSR count). The zero-order valence-electron chi connectivity index (χ0n) is 15.4. The maximum absolute atomic E-state index is 12.8. The second kappa shape index (κ2) is 8.59. The van der Waals surface area contributed by atoms with Gasteiger partial charge in [-0.05, 0) is 62.8 Å². The fourth-order valence-corrected chi connectivity index (χ4v) is 4.37. The predicted molar refractivity (Wildman–Crippen MR) is 103 cm³/mol. The third-order valence-corrected chi connectivity index (χ3v) is 5.88. The summed E-state index contributed by atoms with van der Waals surface area (Å²) in [5.74, 6) is 0.909. The van der Waals surface area contributed by atoms with E-state index in [2.05, 4.69) is 5.32 Å². The largest absolute Gasteiger partial charge is 0.491 e. The lowest BCUT2D eigenvalue weighted by atomic mass is 9.98. The van der Waals surface area contributed by atoms with E-state index in [0.717, 1.165) is 43.6 Å². The van der Waals surface area contributed by atoms with Gasteiger partial charge in [0.2, 0.25) is 0 Å². The van der Waals surface area contributed by atoms with Crippen molar-refractivity contribution in [2.24, 2.45) is 0 Å². The lowest BCUT2D eigenvalue weighted by Gasteiger charge is -2.35. The minimum Gasteiger partial charge on any atom is -0.491 e. The normalized spacial score (nSPS) is 29.9. The van der Waals surface area contributed by atoms with Gasteiger partial charge in [0.05, 0.1) is 6.10 Å². The molecule has 1 N–H and O–H groups in total. The standard InChI is InChI=1S/C20H28N2O3.ClH/c1-22(17-11-15-6-7-16(12-17)21-15)20(23)14-4-8-18(9-5-14)25-13-19-3-2-10-24-19;/h4-5,8-9,15-17,19,21H,2-3,6-7,10-13H2,1H3;1H. The number of halogens is 1. The van der Waals surface area contributed by atoms with Crippen LogP contribution in [0.15, 0.2) is 24.3 Å². The molecule has 26 heavy (non-hydrogen) atoms. The van der Waals surface area contributed by atoms with E-state index >= 15 is 0 Å². The van der Waals surface area contributed by atoms with Gasteiger partial charge < -0.3 is 19.7 Å². The van der Waals surface area contributed by atoms with Gasteiger partial charge in [-0.2, -0.15) is 0 Å². The van der Waals surface area contributed by atoms with E-state index in [1.54, 1.807) is 0 Å². The zero-order valence-corrected chi connectivity index (χ0v) is 16.2. The smallest absolute Gasteiger partial charge is 0.253 e. The summed E-state index contributed by atoms with van der Waals surface area (Å²) in [7, 11) is 1.94. The predicted octanol–water partition coefficient (Wildman–Crippen LogP) is 3.02. The third-order valence-electron chi connectivity index (χ3n) is 5.88. The van der Waals surface area contributed by atoms with E-state index < -0.39 is 0 Å². The Kier molecular flexibility index (Phi) is 6.43. The highest BCUT2D eigenvalue weighted by Crippen LogP contribution is 2.30. The summed E-state index contributed by atoms with van der Waals surface area (Å²) in [5.41, 5.74) is 0.734.